The van der Waals surface area contributed by atoms with E-state index in [4.69, 9.17) is 21.9 Å². The Bertz CT molecular complexity index is 2470. The molecule has 274 valence electrons. The third-order valence-corrected chi connectivity index (χ3v) is 9.82. The standard InChI is InChI=1S/C26H26ClN9O12S3.2Na/c1-3-36-22(38)19(21(28)37)13(2)20(23(36)39)35-34-17-12-15(7-8-18(17)50(42,43)44)30-26-32-24(27)31-25(33-26)29-14-5-4-6-16(11-14)49(40,41)10-9-48-51(45,46)47;;/h4-8,11-12,38H,3,9-10H2,1-2H3,(H2,28,37)(H,42,43,44)(H,45,46,47)(H2,29,30,31,32,33);;. The predicted molar refractivity (Wildman–Crippen MR) is 191 cm³/mol. The van der Waals surface area contributed by atoms with Crippen LogP contribution in [0.1, 0.15) is 22.8 Å². The molecule has 0 saturated carbocycles. The SMILES string of the molecule is CCn1c(O)c(C(N)=O)c(C)c(N=Nc2cc(Nc3nc(Cl)nc(Nc4cccc(S(=O)(=O)CCOS(=O)(=O)O)c4)n3)ccc2S(=O)(=O)O)c1=O.[Na].[Na]. The Labute approximate surface area is 350 Å². The van der Waals surface area contributed by atoms with Gasteiger partial charge in [0.15, 0.2) is 15.5 Å². The number of azo groups is 1. The Balaban J connectivity index is 0.00000486. The molecule has 4 rings (SSSR count). The van der Waals surface area contributed by atoms with E-state index in [1.807, 2.05) is 0 Å². The second kappa shape index (κ2) is 18.5. The van der Waals surface area contributed by atoms with Crippen LogP contribution in [0.15, 0.2) is 67.3 Å². The molecule has 0 aliphatic carbocycles. The molecule has 0 aliphatic heterocycles. The number of hydrogen-bond donors (Lipinski definition) is 6. The van der Waals surface area contributed by atoms with Crippen LogP contribution in [0.5, 0.6) is 5.88 Å². The number of benzene rings is 2. The number of nitrogens with two attached hydrogens (primary N) is 1. The molecule has 27 heteroatoms. The number of primary amides is 1. The van der Waals surface area contributed by atoms with Crippen molar-refractivity contribution in [2.45, 2.75) is 30.2 Å². The Morgan fingerprint density at radius 1 is 0.962 bits per heavy atom. The summed E-state index contributed by atoms with van der Waals surface area (Å²) < 4.78 is 94.3. The fourth-order valence-electron chi connectivity index (χ4n) is 4.36. The Morgan fingerprint density at radius 3 is 2.11 bits per heavy atom. The first kappa shape index (κ1) is 46.0. The Hall–Kier alpha value is -3.11. The van der Waals surface area contributed by atoms with Gasteiger partial charge in [-0.25, -0.2) is 12.6 Å². The molecular weight excluding hydrogens is 808 g/mol. The van der Waals surface area contributed by atoms with Gasteiger partial charge in [0.25, 0.3) is 21.6 Å². The summed E-state index contributed by atoms with van der Waals surface area (Å²) in [5.74, 6) is -2.96. The number of rotatable bonds is 14. The average molecular weight is 834 g/mol. The topological polar surface area (TPSA) is 325 Å². The first-order chi connectivity index (χ1) is 23.7. The smallest absolute Gasteiger partial charge is 0.397 e. The molecular formula is C26H26ClN9Na2O12S3. The number of hydrogen-bond acceptors (Lipinski definition) is 17. The molecule has 0 aliphatic rings. The molecule has 0 spiro atoms. The minimum absolute atomic E-state index is 0. The fraction of sp³-hybridized carbons (Fsp3) is 0.192. The van der Waals surface area contributed by atoms with Crippen molar-refractivity contribution in [1.82, 2.24) is 19.5 Å². The van der Waals surface area contributed by atoms with Gasteiger partial charge in [0.05, 0.1) is 17.3 Å². The summed E-state index contributed by atoms with van der Waals surface area (Å²) in [5, 5.41) is 23.1. The number of sulfone groups is 1. The van der Waals surface area contributed by atoms with E-state index in [1.165, 1.54) is 44.2 Å². The fourth-order valence-corrected chi connectivity index (χ4v) is 6.66. The second-order valence-corrected chi connectivity index (χ2v) is 15.0. The molecule has 0 bridgehead atoms. The van der Waals surface area contributed by atoms with Crippen LogP contribution in [-0.2, 0) is 41.1 Å². The number of carbonyl (C=O) groups is 1. The summed E-state index contributed by atoms with van der Waals surface area (Å²) >= 11 is 6.06. The van der Waals surface area contributed by atoms with Gasteiger partial charge in [-0.05, 0) is 61.8 Å². The first-order valence-corrected chi connectivity index (χ1v) is 18.7. The van der Waals surface area contributed by atoms with E-state index in [-0.39, 0.29) is 105 Å². The molecule has 4 aromatic rings. The van der Waals surface area contributed by atoms with Gasteiger partial charge in [-0.3, -0.25) is 23.3 Å². The normalized spacial score (nSPS) is 11.8. The van der Waals surface area contributed by atoms with Crippen molar-refractivity contribution in [1.29, 1.82) is 0 Å². The number of anilines is 4. The number of nitrogens with one attached hydrogen (secondary N) is 2. The van der Waals surface area contributed by atoms with Crippen molar-refractivity contribution in [3.05, 3.63) is 69.2 Å². The number of nitrogens with zero attached hydrogens (tertiary/aromatic N) is 6. The summed E-state index contributed by atoms with van der Waals surface area (Å²) in [7, 11) is -13.8. The van der Waals surface area contributed by atoms with Crippen LogP contribution in [0.4, 0.5) is 34.6 Å². The minimum atomic E-state index is -4.90. The Morgan fingerprint density at radius 2 is 1.57 bits per heavy atom. The molecule has 0 fully saturated rings. The number of aromatic hydroxyl groups is 1. The van der Waals surface area contributed by atoms with Crippen LogP contribution in [0.2, 0.25) is 5.28 Å². The number of halogens is 1. The summed E-state index contributed by atoms with van der Waals surface area (Å²) in [6, 6.07) is 8.43. The summed E-state index contributed by atoms with van der Waals surface area (Å²) in [4.78, 5) is 36.0. The third kappa shape index (κ3) is 11.9. The average Bonchev–Trinajstić information content (AvgIpc) is 2.99. The number of amides is 1. The minimum Gasteiger partial charge on any atom is -0.494 e. The zero-order chi connectivity index (χ0) is 37.9. The van der Waals surface area contributed by atoms with Crippen molar-refractivity contribution in [3.8, 4) is 5.88 Å². The summed E-state index contributed by atoms with van der Waals surface area (Å²) in [6.07, 6.45) is 0. The van der Waals surface area contributed by atoms with Crippen molar-refractivity contribution in [3.63, 3.8) is 0 Å². The zero-order valence-corrected chi connectivity index (χ0v) is 35.2. The van der Waals surface area contributed by atoms with Gasteiger partial charge in [0.1, 0.15) is 16.1 Å². The van der Waals surface area contributed by atoms with E-state index in [0.717, 1.165) is 16.7 Å². The van der Waals surface area contributed by atoms with E-state index in [0.29, 0.717) is 0 Å². The van der Waals surface area contributed by atoms with E-state index in [2.05, 4.69) is 40.0 Å². The second-order valence-electron chi connectivity index (χ2n) is 10.0. The number of aromatic nitrogens is 4. The largest absolute Gasteiger partial charge is 0.494 e. The van der Waals surface area contributed by atoms with E-state index < -0.39 is 81.9 Å². The van der Waals surface area contributed by atoms with E-state index >= 15 is 0 Å². The van der Waals surface area contributed by atoms with Crippen LogP contribution in [0, 0.1) is 6.92 Å². The number of pyridine rings is 1. The van der Waals surface area contributed by atoms with Crippen molar-refractivity contribution < 1.29 is 48.4 Å². The monoisotopic (exact) mass is 833 g/mol. The van der Waals surface area contributed by atoms with Crippen molar-refractivity contribution in [2.75, 3.05) is 23.0 Å². The molecule has 2 radical (unpaired) electrons. The first-order valence-electron chi connectivity index (χ1n) is 13.9. The van der Waals surface area contributed by atoms with Crippen molar-refractivity contribution >= 4 is 142 Å². The number of carbonyl (C=O) groups excluding carboxylic acids is 1. The van der Waals surface area contributed by atoms with Gasteiger partial charge in [-0.2, -0.15) is 31.8 Å². The molecule has 53 heavy (non-hydrogen) atoms. The predicted octanol–water partition coefficient (Wildman–Crippen LogP) is 1.80. The maximum atomic E-state index is 13.0. The van der Waals surface area contributed by atoms with Crippen LogP contribution >= 0.6 is 11.6 Å². The van der Waals surface area contributed by atoms with Crippen LogP contribution in [-0.4, -0.2) is 136 Å². The van der Waals surface area contributed by atoms with Gasteiger partial charge in [-0.1, -0.05) is 6.07 Å². The molecule has 21 nitrogen and oxygen atoms in total. The van der Waals surface area contributed by atoms with E-state index in [1.54, 1.807) is 0 Å². The summed E-state index contributed by atoms with van der Waals surface area (Å²) in [6.45, 7) is 1.84. The molecule has 0 unspecified atom stereocenters. The molecule has 0 atom stereocenters. The Kier molecular flexibility index (Phi) is 16.1. The third-order valence-electron chi connectivity index (χ3n) is 6.61. The molecule has 2 aromatic heterocycles. The molecule has 2 heterocycles. The molecule has 2 aromatic carbocycles. The molecule has 0 saturated heterocycles. The molecule has 1 amide bonds. The zero-order valence-electron chi connectivity index (χ0n) is 28.0. The van der Waals surface area contributed by atoms with Crippen LogP contribution < -0.4 is 21.9 Å². The van der Waals surface area contributed by atoms with Gasteiger partial charge < -0.3 is 21.5 Å². The summed E-state index contributed by atoms with van der Waals surface area (Å²) in [5.41, 5.74) is 3.19. The van der Waals surface area contributed by atoms with Gasteiger partial charge in [0.2, 0.25) is 23.1 Å². The van der Waals surface area contributed by atoms with Gasteiger partial charge >= 0.3 is 10.4 Å². The van der Waals surface area contributed by atoms with Gasteiger partial charge in [-0.15, -0.1) is 10.2 Å². The van der Waals surface area contributed by atoms with Crippen molar-refractivity contribution in [2.24, 2.45) is 16.0 Å². The van der Waals surface area contributed by atoms with Crippen LogP contribution in [0.3, 0.4) is 0 Å². The van der Waals surface area contributed by atoms with Crippen LogP contribution in [0.25, 0.3) is 0 Å². The quantitative estimate of drug-likeness (QED) is 0.0599. The van der Waals surface area contributed by atoms with Gasteiger partial charge in [0, 0.05) is 82.6 Å². The molecule has 7 N–H and O–H groups in total. The maximum Gasteiger partial charge on any atom is 0.397 e. The van der Waals surface area contributed by atoms with E-state index in [9.17, 15) is 44.5 Å². The maximum absolute atomic E-state index is 13.0.